The van der Waals surface area contributed by atoms with E-state index in [1.165, 1.54) is 0 Å². The summed E-state index contributed by atoms with van der Waals surface area (Å²) in [6, 6.07) is 0. The Balaban J connectivity index is 2.67. The molecule has 0 nitrogen and oxygen atoms in total. The fourth-order valence-electron chi connectivity index (χ4n) is 1.27. The first kappa shape index (κ1) is 7.63. The Labute approximate surface area is 57.7 Å². The molecule has 1 unspecified atom stereocenters. The Bertz CT molecular complexity index is 155. The van der Waals surface area contributed by atoms with Crippen molar-refractivity contribution in [1.29, 1.82) is 0 Å². The molecule has 0 bridgehead atoms. The molecule has 1 rings (SSSR count). The van der Waals surface area contributed by atoms with Crippen LogP contribution in [0.4, 0.5) is 13.2 Å². The average Bonchev–Trinajstić information content (AvgIpc) is 2.11. The third-order valence-corrected chi connectivity index (χ3v) is 1.87. The van der Waals surface area contributed by atoms with Crippen LogP contribution in [0.2, 0.25) is 0 Å². The lowest BCUT2D eigenvalue weighted by atomic mass is 10.0. The van der Waals surface area contributed by atoms with Crippen molar-refractivity contribution in [1.82, 2.24) is 0 Å². The van der Waals surface area contributed by atoms with Crippen LogP contribution >= 0.6 is 0 Å². The maximum atomic E-state index is 12.0. The minimum Gasteiger partial charge on any atom is -0.170 e. The van der Waals surface area contributed by atoms with Crippen molar-refractivity contribution in [2.24, 2.45) is 5.92 Å². The molecule has 0 fully saturated rings. The smallest absolute Gasteiger partial charge is 0.170 e. The van der Waals surface area contributed by atoms with Gasteiger partial charge in [0.05, 0.1) is 5.92 Å². The van der Waals surface area contributed by atoms with E-state index in [0.29, 0.717) is 12.0 Å². The molecule has 0 spiro atoms. The molecule has 0 saturated carbocycles. The molecule has 0 saturated heterocycles. The average molecular weight is 150 g/mol. The molecular weight excluding hydrogens is 141 g/mol. The van der Waals surface area contributed by atoms with Crippen LogP contribution in [0.3, 0.4) is 0 Å². The number of rotatable bonds is 0. The third kappa shape index (κ3) is 1.33. The third-order valence-electron chi connectivity index (χ3n) is 1.87. The van der Waals surface area contributed by atoms with Gasteiger partial charge in [-0.3, -0.25) is 0 Å². The quantitative estimate of drug-likeness (QED) is 0.466. The second kappa shape index (κ2) is 2.29. The number of allylic oxidation sites excluding steroid dienone is 2. The summed E-state index contributed by atoms with van der Waals surface area (Å²) in [5.41, 5.74) is 0.479. The van der Waals surface area contributed by atoms with Gasteiger partial charge in [0.25, 0.3) is 0 Å². The van der Waals surface area contributed by atoms with Gasteiger partial charge in [-0.1, -0.05) is 11.6 Å². The zero-order valence-electron chi connectivity index (χ0n) is 5.70. The van der Waals surface area contributed by atoms with E-state index in [9.17, 15) is 13.2 Å². The molecule has 3 heteroatoms. The van der Waals surface area contributed by atoms with Gasteiger partial charge in [-0.25, -0.2) is 0 Å². The predicted molar refractivity (Wildman–Crippen MR) is 32.5 cm³/mol. The number of hydrogen-bond acceptors (Lipinski definition) is 0. The highest BCUT2D eigenvalue weighted by atomic mass is 19.4. The monoisotopic (exact) mass is 150 g/mol. The van der Waals surface area contributed by atoms with Gasteiger partial charge in [0.2, 0.25) is 0 Å². The maximum absolute atomic E-state index is 12.0. The second-order valence-electron chi connectivity index (χ2n) is 2.62. The Morgan fingerprint density at radius 3 is 2.30 bits per heavy atom. The number of alkyl halides is 3. The molecule has 0 N–H and O–H groups in total. The summed E-state index contributed by atoms with van der Waals surface area (Å²) in [5, 5.41) is 0. The molecule has 0 aromatic carbocycles. The van der Waals surface area contributed by atoms with E-state index in [0.717, 1.165) is 0 Å². The van der Waals surface area contributed by atoms with Crippen LogP contribution in [0.25, 0.3) is 0 Å². The van der Waals surface area contributed by atoms with E-state index in [1.807, 2.05) is 0 Å². The summed E-state index contributed by atoms with van der Waals surface area (Å²) in [7, 11) is 0. The van der Waals surface area contributed by atoms with E-state index in [2.05, 4.69) is 0 Å². The van der Waals surface area contributed by atoms with Gasteiger partial charge in [-0.15, -0.1) is 0 Å². The lowest BCUT2D eigenvalue weighted by Gasteiger charge is -2.15. The van der Waals surface area contributed by atoms with Crippen LogP contribution in [-0.4, -0.2) is 6.18 Å². The molecular formula is C7H9F3. The standard InChI is InChI=1S/C7H9F3/c1-5-3-2-4-6(5)7(8,9)10/h3,6H,2,4H2,1H3. The van der Waals surface area contributed by atoms with E-state index >= 15 is 0 Å². The summed E-state index contributed by atoms with van der Waals surface area (Å²) in [4.78, 5) is 0. The zero-order valence-corrected chi connectivity index (χ0v) is 5.70. The first-order valence-electron chi connectivity index (χ1n) is 3.25. The van der Waals surface area contributed by atoms with Crippen LogP contribution in [0.5, 0.6) is 0 Å². The van der Waals surface area contributed by atoms with Crippen LogP contribution in [0.1, 0.15) is 19.8 Å². The number of halogens is 3. The molecule has 1 aliphatic carbocycles. The zero-order chi connectivity index (χ0) is 7.78. The second-order valence-corrected chi connectivity index (χ2v) is 2.62. The van der Waals surface area contributed by atoms with Crippen molar-refractivity contribution in [2.75, 3.05) is 0 Å². The van der Waals surface area contributed by atoms with E-state index in [-0.39, 0.29) is 6.42 Å². The van der Waals surface area contributed by atoms with Crippen LogP contribution < -0.4 is 0 Å². The topological polar surface area (TPSA) is 0 Å². The molecule has 0 heterocycles. The fourth-order valence-corrected chi connectivity index (χ4v) is 1.27. The van der Waals surface area contributed by atoms with E-state index < -0.39 is 12.1 Å². The van der Waals surface area contributed by atoms with Crippen molar-refractivity contribution in [3.05, 3.63) is 11.6 Å². The largest absolute Gasteiger partial charge is 0.395 e. The highest BCUT2D eigenvalue weighted by molar-refractivity contribution is 5.11. The summed E-state index contributed by atoms with van der Waals surface area (Å²) < 4.78 is 35.9. The predicted octanol–water partition coefficient (Wildman–Crippen LogP) is 2.91. The molecule has 0 aromatic rings. The van der Waals surface area contributed by atoms with Crippen molar-refractivity contribution in [2.45, 2.75) is 25.9 Å². The first-order chi connectivity index (χ1) is 4.52. The lowest BCUT2D eigenvalue weighted by molar-refractivity contribution is -0.163. The van der Waals surface area contributed by atoms with Gasteiger partial charge in [0.1, 0.15) is 0 Å². The Hall–Kier alpha value is -0.470. The molecule has 0 amide bonds. The molecule has 1 aliphatic rings. The van der Waals surface area contributed by atoms with Gasteiger partial charge in [-0.2, -0.15) is 13.2 Å². The minimum atomic E-state index is -4.02. The first-order valence-corrected chi connectivity index (χ1v) is 3.25. The minimum absolute atomic E-state index is 0.245. The van der Waals surface area contributed by atoms with E-state index in [1.54, 1.807) is 13.0 Å². The highest BCUT2D eigenvalue weighted by Crippen LogP contribution is 2.38. The van der Waals surface area contributed by atoms with Gasteiger partial charge < -0.3 is 0 Å². The number of hydrogen-bond donors (Lipinski definition) is 0. The van der Waals surface area contributed by atoms with Crippen LogP contribution in [-0.2, 0) is 0 Å². The van der Waals surface area contributed by atoms with Crippen LogP contribution in [0, 0.1) is 5.92 Å². The molecule has 0 aromatic heterocycles. The van der Waals surface area contributed by atoms with Gasteiger partial charge in [0, 0.05) is 0 Å². The Kier molecular flexibility index (Phi) is 1.75. The lowest BCUT2D eigenvalue weighted by Crippen LogP contribution is -2.21. The van der Waals surface area contributed by atoms with Crippen LogP contribution in [0.15, 0.2) is 11.6 Å². The normalized spacial score (nSPS) is 26.8. The van der Waals surface area contributed by atoms with Crippen molar-refractivity contribution in [3.63, 3.8) is 0 Å². The summed E-state index contributed by atoms with van der Waals surface area (Å²) in [6.45, 7) is 1.55. The molecule has 10 heavy (non-hydrogen) atoms. The fraction of sp³-hybridized carbons (Fsp3) is 0.714. The van der Waals surface area contributed by atoms with Crippen molar-refractivity contribution in [3.8, 4) is 0 Å². The van der Waals surface area contributed by atoms with E-state index in [4.69, 9.17) is 0 Å². The maximum Gasteiger partial charge on any atom is 0.395 e. The van der Waals surface area contributed by atoms with Gasteiger partial charge in [-0.05, 0) is 19.8 Å². The molecule has 0 aliphatic heterocycles. The van der Waals surface area contributed by atoms with Gasteiger partial charge in [0.15, 0.2) is 0 Å². The summed E-state index contributed by atoms with van der Waals surface area (Å²) in [6.07, 6.45) is -1.53. The Morgan fingerprint density at radius 2 is 2.10 bits per heavy atom. The van der Waals surface area contributed by atoms with Crippen molar-refractivity contribution >= 4 is 0 Å². The SMILES string of the molecule is CC1=CCCC1C(F)(F)F. The highest BCUT2D eigenvalue weighted by Gasteiger charge is 2.41. The molecule has 0 radical (unpaired) electrons. The molecule has 1 atom stereocenters. The summed E-state index contributed by atoms with van der Waals surface area (Å²) in [5.74, 6) is -1.16. The Morgan fingerprint density at radius 1 is 1.50 bits per heavy atom. The molecule has 58 valence electrons. The van der Waals surface area contributed by atoms with Crippen molar-refractivity contribution < 1.29 is 13.2 Å². The summed E-state index contributed by atoms with van der Waals surface area (Å²) >= 11 is 0. The van der Waals surface area contributed by atoms with Gasteiger partial charge >= 0.3 is 6.18 Å².